The molecule has 7 heteroatoms. The number of carbonyl (C=O) groups is 3. The summed E-state index contributed by atoms with van der Waals surface area (Å²) in [4.78, 5) is 39.0. The zero-order chi connectivity index (χ0) is 19.2. The van der Waals surface area contributed by atoms with Crippen LogP contribution in [0.1, 0.15) is 33.6 Å². The van der Waals surface area contributed by atoms with E-state index in [4.69, 9.17) is 0 Å². The van der Waals surface area contributed by atoms with Crippen molar-refractivity contribution in [1.29, 1.82) is 0 Å². The number of imide groups is 1. The highest BCUT2D eigenvalue weighted by atomic mass is 79.9. The van der Waals surface area contributed by atoms with Gasteiger partial charge in [-0.3, -0.25) is 19.3 Å². The van der Waals surface area contributed by atoms with Crippen molar-refractivity contribution in [1.82, 2.24) is 10.2 Å². The van der Waals surface area contributed by atoms with Gasteiger partial charge in [0, 0.05) is 34.6 Å². The molecule has 0 fully saturated rings. The smallest absolute Gasteiger partial charge is 0.261 e. The molecule has 0 spiro atoms. The number of rotatable bonds is 8. The van der Waals surface area contributed by atoms with Crippen LogP contribution >= 0.6 is 27.7 Å². The second-order valence-corrected chi connectivity index (χ2v) is 8.15. The number of fused-ring (bicyclic) bond motifs is 1. The first-order valence-electron chi connectivity index (χ1n) is 8.66. The van der Waals surface area contributed by atoms with E-state index in [1.54, 1.807) is 30.0 Å². The van der Waals surface area contributed by atoms with Crippen LogP contribution in [-0.4, -0.2) is 41.5 Å². The maximum Gasteiger partial charge on any atom is 0.261 e. The van der Waals surface area contributed by atoms with Crippen molar-refractivity contribution in [2.24, 2.45) is 0 Å². The molecule has 0 saturated carbocycles. The zero-order valence-corrected chi connectivity index (χ0v) is 17.0. The van der Waals surface area contributed by atoms with Gasteiger partial charge in [-0.05, 0) is 36.8 Å². The van der Waals surface area contributed by atoms with Crippen LogP contribution in [0.25, 0.3) is 0 Å². The van der Waals surface area contributed by atoms with Gasteiger partial charge < -0.3 is 5.32 Å². The van der Waals surface area contributed by atoms with E-state index in [1.165, 1.54) is 9.80 Å². The van der Waals surface area contributed by atoms with Crippen molar-refractivity contribution in [2.45, 2.75) is 17.7 Å². The minimum atomic E-state index is -0.295. The SMILES string of the molecule is O=C(CCCN1C(=O)c2ccc(Br)cc2C1=O)NCCSc1ccccc1. The molecule has 1 heterocycles. The van der Waals surface area contributed by atoms with Crippen LogP contribution in [0, 0.1) is 0 Å². The molecule has 2 aromatic carbocycles. The molecule has 0 aliphatic carbocycles. The molecule has 0 atom stereocenters. The normalized spacial score (nSPS) is 13.0. The maximum absolute atomic E-state index is 12.4. The van der Waals surface area contributed by atoms with Gasteiger partial charge in [0.2, 0.25) is 5.91 Å². The first-order valence-corrected chi connectivity index (χ1v) is 10.4. The summed E-state index contributed by atoms with van der Waals surface area (Å²) >= 11 is 5.00. The van der Waals surface area contributed by atoms with Crippen molar-refractivity contribution in [3.8, 4) is 0 Å². The molecule has 0 radical (unpaired) electrons. The monoisotopic (exact) mass is 446 g/mol. The standard InChI is InChI=1S/C20H19BrN2O3S/c21-14-8-9-16-17(13-14)20(26)23(19(16)25)11-4-7-18(24)22-10-12-27-15-5-2-1-3-6-15/h1-3,5-6,8-9,13H,4,7,10-12H2,(H,22,24). The number of hydrogen-bond donors (Lipinski definition) is 1. The molecule has 0 aromatic heterocycles. The van der Waals surface area contributed by atoms with Crippen LogP contribution in [-0.2, 0) is 4.79 Å². The number of amides is 3. The molecule has 1 aliphatic rings. The summed E-state index contributed by atoms with van der Waals surface area (Å²) in [6, 6.07) is 15.1. The maximum atomic E-state index is 12.4. The van der Waals surface area contributed by atoms with Gasteiger partial charge in [0.25, 0.3) is 11.8 Å². The Balaban J connectivity index is 1.38. The van der Waals surface area contributed by atoms with Gasteiger partial charge in [0.15, 0.2) is 0 Å². The Morgan fingerprint density at radius 3 is 2.56 bits per heavy atom. The van der Waals surface area contributed by atoms with Crippen molar-refractivity contribution in [2.75, 3.05) is 18.8 Å². The number of benzene rings is 2. The molecule has 0 saturated heterocycles. The molecule has 0 unspecified atom stereocenters. The van der Waals surface area contributed by atoms with Crippen molar-refractivity contribution in [3.63, 3.8) is 0 Å². The summed E-state index contributed by atoms with van der Waals surface area (Å²) in [5, 5.41) is 2.87. The highest BCUT2D eigenvalue weighted by Crippen LogP contribution is 2.26. The molecule has 5 nitrogen and oxygen atoms in total. The minimum absolute atomic E-state index is 0.0667. The molecule has 1 N–H and O–H groups in total. The predicted molar refractivity (Wildman–Crippen MR) is 109 cm³/mol. The molecular weight excluding hydrogens is 428 g/mol. The third kappa shape index (κ3) is 4.99. The fraction of sp³-hybridized carbons (Fsp3) is 0.250. The Hall–Kier alpha value is -2.12. The molecule has 140 valence electrons. The van der Waals surface area contributed by atoms with E-state index in [0.717, 1.165) is 10.2 Å². The molecule has 27 heavy (non-hydrogen) atoms. The van der Waals surface area contributed by atoms with E-state index >= 15 is 0 Å². The van der Waals surface area contributed by atoms with Gasteiger partial charge in [-0.25, -0.2) is 0 Å². The Labute approximate surface area is 170 Å². The number of thioether (sulfide) groups is 1. The highest BCUT2D eigenvalue weighted by Gasteiger charge is 2.35. The molecule has 3 rings (SSSR count). The van der Waals surface area contributed by atoms with Gasteiger partial charge in [-0.1, -0.05) is 34.1 Å². The van der Waals surface area contributed by atoms with Gasteiger partial charge in [0.05, 0.1) is 11.1 Å². The van der Waals surface area contributed by atoms with Crippen molar-refractivity contribution < 1.29 is 14.4 Å². The summed E-state index contributed by atoms with van der Waals surface area (Å²) in [5.74, 6) is 0.143. The van der Waals surface area contributed by atoms with E-state index in [-0.39, 0.29) is 30.7 Å². The van der Waals surface area contributed by atoms with Crippen LogP contribution in [0.4, 0.5) is 0 Å². The zero-order valence-electron chi connectivity index (χ0n) is 14.6. The molecular formula is C20H19BrN2O3S. The third-order valence-electron chi connectivity index (χ3n) is 4.15. The van der Waals surface area contributed by atoms with Crippen LogP contribution in [0.15, 0.2) is 57.9 Å². The second-order valence-electron chi connectivity index (χ2n) is 6.07. The summed E-state index contributed by atoms with van der Waals surface area (Å²) in [6.07, 6.45) is 0.734. The molecule has 2 aromatic rings. The predicted octanol–water partition coefficient (Wildman–Crippen LogP) is 3.73. The third-order valence-corrected chi connectivity index (χ3v) is 5.66. The van der Waals surface area contributed by atoms with Crippen LogP contribution in [0.3, 0.4) is 0 Å². The van der Waals surface area contributed by atoms with E-state index in [1.807, 2.05) is 30.3 Å². The molecule has 0 bridgehead atoms. The lowest BCUT2D eigenvalue weighted by atomic mass is 10.1. The van der Waals surface area contributed by atoms with Gasteiger partial charge in [-0.2, -0.15) is 0 Å². The van der Waals surface area contributed by atoms with Crippen LogP contribution in [0.5, 0.6) is 0 Å². The number of halogens is 1. The van der Waals surface area contributed by atoms with Gasteiger partial charge in [0.1, 0.15) is 0 Å². The summed E-state index contributed by atoms with van der Waals surface area (Å²) in [7, 11) is 0. The lowest BCUT2D eigenvalue weighted by molar-refractivity contribution is -0.121. The number of nitrogens with zero attached hydrogens (tertiary/aromatic N) is 1. The first-order chi connectivity index (χ1) is 13.1. The summed E-state index contributed by atoms with van der Waals surface area (Å²) in [5.41, 5.74) is 0.836. The largest absolute Gasteiger partial charge is 0.355 e. The van der Waals surface area contributed by atoms with E-state index in [0.29, 0.717) is 24.1 Å². The van der Waals surface area contributed by atoms with Crippen LogP contribution in [0.2, 0.25) is 0 Å². The first kappa shape index (κ1) is 19.6. The van der Waals surface area contributed by atoms with E-state index in [2.05, 4.69) is 21.2 Å². The van der Waals surface area contributed by atoms with Crippen molar-refractivity contribution in [3.05, 3.63) is 64.1 Å². The number of nitrogens with one attached hydrogen (secondary N) is 1. The Bertz CT molecular complexity index is 858. The average molecular weight is 447 g/mol. The number of carbonyl (C=O) groups excluding carboxylic acids is 3. The lowest BCUT2D eigenvalue weighted by Crippen LogP contribution is -2.32. The average Bonchev–Trinajstić information content (AvgIpc) is 2.90. The Morgan fingerprint density at radius 1 is 1.04 bits per heavy atom. The topological polar surface area (TPSA) is 66.5 Å². The lowest BCUT2D eigenvalue weighted by Gasteiger charge is -2.13. The Morgan fingerprint density at radius 2 is 1.78 bits per heavy atom. The Kier molecular flexibility index (Phi) is 6.68. The minimum Gasteiger partial charge on any atom is -0.355 e. The highest BCUT2D eigenvalue weighted by molar-refractivity contribution is 9.10. The number of hydrogen-bond acceptors (Lipinski definition) is 4. The molecule has 3 amide bonds. The fourth-order valence-electron chi connectivity index (χ4n) is 2.83. The second kappa shape index (κ2) is 9.19. The summed E-state index contributed by atoms with van der Waals surface area (Å²) < 4.78 is 0.761. The van der Waals surface area contributed by atoms with E-state index < -0.39 is 0 Å². The van der Waals surface area contributed by atoms with Gasteiger partial charge >= 0.3 is 0 Å². The van der Waals surface area contributed by atoms with Crippen molar-refractivity contribution >= 4 is 45.4 Å². The quantitative estimate of drug-likeness (QED) is 0.381. The van der Waals surface area contributed by atoms with E-state index in [9.17, 15) is 14.4 Å². The molecule has 1 aliphatic heterocycles. The fourth-order valence-corrected chi connectivity index (χ4v) is 3.98. The van der Waals surface area contributed by atoms with Gasteiger partial charge in [-0.15, -0.1) is 11.8 Å². The summed E-state index contributed by atoms with van der Waals surface area (Å²) in [6.45, 7) is 0.829. The van der Waals surface area contributed by atoms with Crippen LogP contribution < -0.4 is 5.32 Å².